The summed E-state index contributed by atoms with van der Waals surface area (Å²) in [5, 5.41) is 0.760. The molecular formula is C13H14Cl2N4O. The first-order valence-electron chi connectivity index (χ1n) is 6.02. The predicted molar refractivity (Wildman–Crippen MR) is 80.5 cm³/mol. The highest BCUT2D eigenvalue weighted by Crippen LogP contribution is 2.35. The fraction of sp³-hybridized carbons (Fsp3) is 0.231. The van der Waals surface area contributed by atoms with Crippen molar-refractivity contribution in [3.05, 3.63) is 39.6 Å². The largest absolute Gasteiger partial charge is 0.437 e. The second-order valence-corrected chi connectivity index (χ2v) is 4.86. The monoisotopic (exact) mass is 312 g/mol. The molecule has 0 aliphatic carbocycles. The molecule has 2 aromatic rings. The van der Waals surface area contributed by atoms with Gasteiger partial charge in [0.15, 0.2) is 0 Å². The van der Waals surface area contributed by atoms with Gasteiger partial charge in [-0.2, -0.15) is 4.98 Å². The van der Waals surface area contributed by atoms with Gasteiger partial charge in [0.25, 0.3) is 0 Å². The number of aromatic nitrogens is 2. The number of hydrogen-bond acceptors (Lipinski definition) is 5. The van der Waals surface area contributed by atoms with Gasteiger partial charge >= 0.3 is 0 Å². The van der Waals surface area contributed by atoms with E-state index in [0.717, 1.165) is 0 Å². The lowest BCUT2D eigenvalue weighted by molar-refractivity contribution is 0.455. The molecule has 0 radical (unpaired) electrons. The summed E-state index contributed by atoms with van der Waals surface area (Å²) in [4.78, 5) is 8.60. The number of aryl methyl sites for hydroxylation is 1. The van der Waals surface area contributed by atoms with E-state index in [4.69, 9.17) is 33.8 Å². The Kier molecular flexibility index (Phi) is 4.65. The van der Waals surface area contributed by atoms with Crippen LogP contribution in [0, 0.1) is 6.92 Å². The second kappa shape index (κ2) is 6.26. The van der Waals surface area contributed by atoms with Gasteiger partial charge in [0, 0.05) is 6.42 Å². The minimum absolute atomic E-state index is 0.340. The lowest BCUT2D eigenvalue weighted by Gasteiger charge is -2.13. The summed E-state index contributed by atoms with van der Waals surface area (Å²) in [7, 11) is 0. The van der Waals surface area contributed by atoms with E-state index >= 15 is 0 Å². The second-order valence-electron chi connectivity index (χ2n) is 4.07. The lowest BCUT2D eigenvalue weighted by Crippen LogP contribution is -2.13. The van der Waals surface area contributed by atoms with Crippen molar-refractivity contribution in [3.63, 3.8) is 0 Å². The molecule has 0 saturated carbocycles. The van der Waals surface area contributed by atoms with Crippen molar-refractivity contribution in [2.75, 3.05) is 5.43 Å². The van der Waals surface area contributed by atoms with Gasteiger partial charge in [-0.1, -0.05) is 36.2 Å². The smallest absolute Gasteiger partial charge is 0.227 e. The SMILES string of the molecule is CCc1nc(NN)c(C)c(Oc2cccc(Cl)c2Cl)n1. The van der Waals surface area contributed by atoms with Crippen LogP contribution in [0.4, 0.5) is 5.82 Å². The van der Waals surface area contributed by atoms with E-state index in [1.165, 1.54) is 0 Å². The fourth-order valence-electron chi connectivity index (χ4n) is 1.61. The third-order valence-electron chi connectivity index (χ3n) is 2.72. The molecule has 7 heteroatoms. The van der Waals surface area contributed by atoms with Crippen LogP contribution in [0.15, 0.2) is 18.2 Å². The molecule has 0 amide bonds. The molecule has 1 heterocycles. The van der Waals surface area contributed by atoms with Gasteiger partial charge in [-0.25, -0.2) is 10.8 Å². The first kappa shape index (κ1) is 14.8. The molecular weight excluding hydrogens is 299 g/mol. The summed E-state index contributed by atoms with van der Waals surface area (Å²) < 4.78 is 5.74. The zero-order valence-electron chi connectivity index (χ0n) is 11.1. The fourth-order valence-corrected chi connectivity index (χ4v) is 1.94. The molecule has 0 spiro atoms. The van der Waals surface area contributed by atoms with Crippen molar-refractivity contribution in [2.24, 2.45) is 5.84 Å². The highest BCUT2D eigenvalue weighted by Gasteiger charge is 2.14. The number of ether oxygens (including phenoxy) is 1. The summed E-state index contributed by atoms with van der Waals surface area (Å²) in [5.41, 5.74) is 3.23. The van der Waals surface area contributed by atoms with Gasteiger partial charge in [0.1, 0.15) is 22.4 Å². The Morgan fingerprint density at radius 1 is 1.30 bits per heavy atom. The van der Waals surface area contributed by atoms with Crippen LogP contribution >= 0.6 is 23.2 Å². The van der Waals surface area contributed by atoms with E-state index in [1.807, 2.05) is 13.8 Å². The van der Waals surface area contributed by atoms with Crippen LogP contribution in [0.5, 0.6) is 11.6 Å². The van der Waals surface area contributed by atoms with Crippen LogP contribution in [0.25, 0.3) is 0 Å². The lowest BCUT2D eigenvalue weighted by atomic mass is 10.3. The Bertz CT molecular complexity index is 634. The number of nitrogens with zero attached hydrogens (tertiary/aromatic N) is 2. The summed E-state index contributed by atoms with van der Waals surface area (Å²) >= 11 is 12.1. The molecule has 1 aromatic carbocycles. The number of halogens is 2. The van der Waals surface area contributed by atoms with E-state index in [1.54, 1.807) is 18.2 Å². The molecule has 106 valence electrons. The van der Waals surface area contributed by atoms with Gasteiger partial charge in [0.05, 0.1) is 10.6 Å². The van der Waals surface area contributed by atoms with Crippen LogP contribution in [0.2, 0.25) is 10.0 Å². The van der Waals surface area contributed by atoms with E-state index in [0.29, 0.717) is 45.3 Å². The van der Waals surface area contributed by atoms with Crippen molar-refractivity contribution in [1.29, 1.82) is 0 Å². The van der Waals surface area contributed by atoms with Gasteiger partial charge in [-0.05, 0) is 19.1 Å². The zero-order valence-corrected chi connectivity index (χ0v) is 12.6. The molecule has 2 rings (SSSR count). The summed E-state index contributed by atoms with van der Waals surface area (Å²) in [6.07, 6.45) is 0.661. The first-order chi connectivity index (χ1) is 9.56. The van der Waals surface area contributed by atoms with Crippen LogP contribution in [-0.4, -0.2) is 9.97 Å². The van der Waals surface area contributed by atoms with Gasteiger partial charge in [0.2, 0.25) is 5.88 Å². The van der Waals surface area contributed by atoms with Gasteiger partial charge in [-0.15, -0.1) is 0 Å². The predicted octanol–water partition coefficient (Wildman–Crippen LogP) is 3.73. The zero-order chi connectivity index (χ0) is 14.7. The van der Waals surface area contributed by atoms with Crippen LogP contribution in [0.3, 0.4) is 0 Å². The summed E-state index contributed by atoms with van der Waals surface area (Å²) in [5.74, 6) is 7.42. The number of nitrogen functional groups attached to an aromatic ring is 1. The number of nitrogens with two attached hydrogens (primary N) is 1. The van der Waals surface area contributed by atoms with Crippen molar-refractivity contribution in [2.45, 2.75) is 20.3 Å². The average molecular weight is 313 g/mol. The number of anilines is 1. The van der Waals surface area contributed by atoms with Crippen molar-refractivity contribution >= 4 is 29.0 Å². The maximum absolute atomic E-state index is 6.10. The quantitative estimate of drug-likeness (QED) is 0.664. The van der Waals surface area contributed by atoms with Crippen LogP contribution in [0.1, 0.15) is 18.3 Å². The maximum Gasteiger partial charge on any atom is 0.227 e. The molecule has 20 heavy (non-hydrogen) atoms. The number of hydrazine groups is 1. The molecule has 0 saturated heterocycles. The average Bonchev–Trinajstić information content (AvgIpc) is 2.45. The highest BCUT2D eigenvalue weighted by atomic mass is 35.5. The van der Waals surface area contributed by atoms with Gasteiger partial charge < -0.3 is 10.2 Å². The Hall–Kier alpha value is -1.56. The van der Waals surface area contributed by atoms with E-state index in [2.05, 4.69) is 15.4 Å². The first-order valence-corrected chi connectivity index (χ1v) is 6.78. The molecule has 0 unspecified atom stereocenters. The standard InChI is InChI=1S/C13H14Cl2N4O/c1-3-10-17-12(19-16)7(2)13(18-10)20-9-6-4-5-8(14)11(9)15/h4-6H,3,16H2,1-2H3,(H,17,18,19). The molecule has 5 nitrogen and oxygen atoms in total. The van der Waals surface area contributed by atoms with Crippen molar-refractivity contribution < 1.29 is 4.74 Å². The molecule has 0 atom stereocenters. The molecule has 0 aliphatic heterocycles. The number of nitrogens with one attached hydrogen (secondary N) is 1. The number of benzene rings is 1. The molecule has 1 aromatic heterocycles. The minimum atomic E-state index is 0.340. The highest BCUT2D eigenvalue weighted by molar-refractivity contribution is 6.42. The normalized spacial score (nSPS) is 10.4. The van der Waals surface area contributed by atoms with Gasteiger partial charge in [-0.3, -0.25) is 0 Å². The maximum atomic E-state index is 6.10. The van der Waals surface area contributed by atoms with E-state index < -0.39 is 0 Å². The van der Waals surface area contributed by atoms with Crippen molar-refractivity contribution in [3.8, 4) is 11.6 Å². The van der Waals surface area contributed by atoms with Crippen LogP contribution < -0.4 is 16.0 Å². The van der Waals surface area contributed by atoms with Crippen molar-refractivity contribution in [1.82, 2.24) is 9.97 Å². The third kappa shape index (κ3) is 2.95. The summed E-state index contributed by atoms with van der Waals surface area (Å²) in [6.45, 7) is 3.75. The Morgan fingerprint density at radius 2 is 2.05 bits per heavy atom. The Balaban J connectivity index is 2.45. The number of rotatable bonds is 4. The number of hydrogen-bond donors (Lipinski definition) is 2. The van der Waals surface area contributed by atoms with E-state index in [9.17, 15) is 0 Å². The third-order valence-corrected chi connectivity index (χ3v) is 3.52. The van der Waals surface area contributed by atoms with E-state index in [-0.39, 0.29) is 0 Å². The topological polar surface area (TPSA) is 73.1 Å². The summed E-state index contributed by atoms with van der Waals surface area (Å²) in [6, 6.07) is 5.16. The molecule has 0 bridgehead atoms. The molecule has 0 aliphatic rings. The molecule has 0 fully saturated rings. The minimum Gasteiger partial charge on any atom is -0.437 e. The molecule has 3 N–H and O–H groups in total. The van der Waals surface area contributed by atoms with Crippen LogP contribution in [-0.2, 0) is 6.42 Å². The Labute approximate surface area is 127 Å². The Morgan fingerprint density at radius 3 is 2.70 bits per heavy atom.